The molecule has 1 aromatic carbocycles. The fourth-order valence-corrected chi connectivity index (χ4v) is 2.99. The van der Waals surface area contributed by atoms with Crippen LogP contribution in [0.25, 0.3) is 0 Å². The van der Waals surface area contributed by atoms with Gasteiger partial charge in [0.25, 0.3) is 5.91 Å². The number of nitrogens with zero attached hydrogens (tertiary/aromatic N) is 1. The van der Waals surface area contributed by atoms with Gasteiger partial charge in [0.1, 0.15) is 0 Å². The van der Waals surface area contributed by atoms with Gasteiger partial charge in [-0.25, -0.2) is 4.99 Å². The number of benzene rings is 1. The minimum atomic E-state index is -0.0171. The van der Waals surface area contributed by atoms with Gasteiger partial charge in [0.2, 0.25) is 0 Å². The van der Waals surface area contributed by atoms with Gasteiger partial charge in [-0.05, 0) is 42.5 Å². The molecule has 7 heteroatoms. The Balaban J connectivity index is 1.71. The Morgan fingerprint density at radius 2 is 2.00 bits per heavy atom. The van der Waals surface area contributed by atoms with Crippen molar-refractivity contribution in [3.63, 3.8) is 0 Å². The van der Waals surface area contributed by atoms with Gasteiger partial charge in [0, 0.05) is 24.7 Å². The molecule has 134 valence electrons. The second-order valence-corrected chi connectivity index (χ2v) is 6.72. The van der Waals surface area contributed by atoms with E-state index in [-0.39, 0.29) is 5.91 Å². The first kappa shape index (κ1) is 19.3. The van der Waals surface area contributed by atoms with Crippen molar-refractivity contribution in [2.24, 2.45) is 4.99 Å². The number of hydrogen-bond acceptors (Lipinski definition) is 3. The van der Waals surface area contributed by atoms with Crippen LogP contribution in [0.5, 0.6) is 0 Å². The molecule has 3 N–H and O–H groups in total. The summed E-state index contributed by atoms with van der Waals surface area (Å²) in [4.78, 5) is 17.1. The van der Waals surface area contributed by atoms with Gasteiger partial charge < -0.3 is 16.0 Å². The highest BCUT2D eigenvalue weighted by molar-refractivity contribution is 7.12. The summed E-state index contributed by atoms with van der Waals surface area (Å²) in [6, 6.07) is 11.4. The van der Waals surface area contributed by atoms with Crippen molar-refractivity contribution in [1.82, 2.24) is 16.0 Å². The standard InChI is InChI=1S/C18H23ClN4OS/c1-2-20-18(23-13-14-6-3-7-15(19)12-14)22-10-5-9-21-17(24)16-8-4-11-25-16/h3-4,6-8,11-12H,2,5,9-10,13H2,1H3,(H,21,24)(H2,20,22,23). The van der Waals surface area contributed by atoms with Gasteiger partial charge in [-0.1, -0.05) is 29.8 Å². The molecule has 25 heavy (non-hydrogen) atoms. The highest BCUT2D eigenvalue weighted by Crippen LogP contribution is 2.11. The van der Waals surface area contributed by atoms with Gasteiger partial charge in [-0.3, -0.25) is 4.79 Å². The Morgan fingerprint density at radius 3 is 2.72 bits per heavy atom. The summed E-state index contributed by atoms with van der Waals surface area (Å²) < 4.78 is 0. The lowest BCUT2D eigenvalue weighted by Crippen LogP contribution is -2.38. The third-order valence-corrected chi connectivity index (χ3v) is 4.43. The summed E-state index contributed by atoms with van der Waals surface area (Å²) in [6.45, 7) is 4.73. The number of thiophene rings is 1. The van der Waals surface area contributed by atoms with E-state index in [1.54, 1.807) is 0 Å². The van der Waals surface area contributed by atoms with Crippen LogP contribution >= 0.6 is 22.9 Å². The van der Waals surface area contributed by atoms with E-state index < -0.39 is 0 Å². The van der Waals surface area contributed by atoms with Crippen molar-refractivity contribution in [2.75, 3.05) is 19.6 Å². The Labute approximate surface area is 157 Å². The molecule has 0 atom stereocenters. The molecule has 0 aliphatic rings. The first-order valence-corrected chi connectivity index (χ1v) is 9.53. The molecule has 0 saturated carbocycles. The molecule has 0 aliphatic heterocycles. The van der Waals surface area contributed by atoms with Crippen LogP contribution in [0.4, 0.5) is 0 Å². The summed E-state index contributed by atoms with van der Waals surface area (Å²) in [7, 11) is 0. The van der Waals surface area contributed by atoms with E-state index in [0.29, 0.717) is 18.1 Å². The van der Waals surface area contributed by atoms with Crippen LogP contribution in [0.3, 0.4) is 0 Å². The largest absolute Gasteiger partial charge is 0.357 e. The lowest BCUT2D eigenvalue weighted by Gasteiger charge is -2.11. The smallest absolute Gasteiger partial charge is 0.261 e. The summed E-state index contributed by atoms with van der Waals surface area (Å²) in [6.07, 6.45) is 0.818. The van der Waals surface area contributed by atoms with Gasteiger partial charge >= 0.3 is 0 Å². The molecule has 1 heterocycles. The predicted octanol–water partition coefficient (Wildman–Crippen LogP) is 3.28. The summed E-state index contributed by atoms with van der Waals surface area (Å²) in [5.74, 6) is 0.739. The topological polar surface area (TPSA) is 65.5 Å². The van der Waals surface area contributed by atoms with Crippen LogP contribution in [-0.2, 0) is 6.54 Å². The van der Waals surface area contributed by atoms with Crippen LogP contribution in [0.1, 0.15) is 28.6 Å². The quantitative estimate of drug-likeness (QED) is 0.375. The second-order valence-electron chi connectivity index (χ2n) is 5.34. The molecule has 0 saturated heterocycles. The molecule has 1 amide bonds. The van der Waals surface area contributed by atoms with Crippen molar-refractivity contribution >= 4 is 34.8 Å². The first-order valence-electron chi connectivity index (χ1n) is 8.27. The average Bonchev–Trinajstić information content (AvgIpc) is 3.14. The number of nitrogens with one attached hydrogen (secondary N) is 3. The third-order valence-electron chi connectivity index (χ3n) is 3.33. The van der Waals surface area contributed by atoms with Crippen LogP contribution in [0.15, 0.2) is 46.8 Å². The molecule has 0 radical (unpaired) electrons. The Kier molecular flexibility index (Phi) is 8.28. The van der Waals surface area contributed by atoms with Crippen molar-refractivity contribution in [2.45, 2.75) is 19.9 Å². The zero-order chi connectivity index (χ0) is 17.9. The van der Waals surface area contributed by atoms with E-state index in [0.717, 1.165) is 35.9 Å². The Morgan fingerprint density at radius 1 is 1.16 bits per heavy atom. The van der Waals surface area contributed by atoms with Crippen LogP contribution in [0, 0.1) is 0 Å². The molecule has 2 rings (SSSR count). The van der Waals surface area contributed by atoms with E-state index in [4.69, 9.17) is 11.6 Å². The van der Waals surface area contributed by atoms with Crippen molar-refractivity contribution in [1.29, 1.82) is 0 Å². The second kappa shape index (κ2) is 10.7. The minimum Gasteiger partial charge on any atom is -0.357 e. The van der Waals surface area contributed by atoms with E-state index in [2.05, 4.69) is 20.9 Å². The normalized spacial score (nSPS) is 11.2. The highest BCUT2D eigenvalue weighted by Gasteiger charge is 2.04. The van der Waals surface area contributed by atoms with Crippen LogP contribution in [0.2, 0.25) is 5.02 Å². The number of carbonyl (C=O) groups excluding carboxylic acids is 1. The lowest BCUT2D eigenvalue weighted by atomic mass is 10.2. The molecule has 1 aromatic heterocycles. The number of hydrogen-bond donors (Lipinski definition) is 3. The molecule has 0 unspecified atom stereocenters. The van der Waals surface area contributed by atoms with Gasteiger partial charge in [0.05, 0.1) is 11.4 Å². The maximum atomic E-state index is 11.8. The fraction of sp³-hybridized carbons (Fsp3) is 0.333. The first-order chi connectivity index (χ1) is 12.2. The minimum absolute atomic E-state index is 0.0171. The lowest BCUT2D eigenvalue weighted by molar-refractivity contribution is 0.0957. The maximum absolute atomic E-state index is 11.8. The number of guanidine groups is 1. The van der Waals surface area contributed by atoms with E-state index in [1.165, 1.54) is 11.3 Å². The molecular weight excluding hydrogens is 356 g/mol. The monoisotopic (exact) mass is 378 g/mol. The Bertz CT molecular complexity index is 688. The molecule has 2 aromatic rings. The van der Waals surface area contributed by atoms with E-state index in [9.17, 15) is 4.79 Å². The zero-order valence-electron chi connectivity index (χ0n) is 14.2. The summed E-state index contributed by atoms with van der Waals surface area (Å²) >= 11 is 7.43. The van der Waals surface area contributed by atoms with Crippen LogP contribution in [-0.4, -0.2) is 31.5 Å². The summed E-state index contributed by atoms with van der Waals surface area (Å²) in [5, 5.41) is 12.0. The number of aliphatic imine (C=N–C) groups is 1. The van der Waals surface area contributed by atoms with Crippen molar-refractivity contribution in [3.05, 3.63) is 57.2 Å². The third kappa shape index (κ3) is 7.15. The molecule has 5 nitrogen and oxygen atoms in total. The van der Waals surface area contributed by atoms with E-state index in [1.807, 2.05) is 48.7 Å². The molecule has 0 bridgehead atoms. The van der Waals surface area contributed by atoms with Gasteiger partial charge in [0.15, 0.2) is 5.96 Å². The van der Waals surface area contributed by atoms with E-state index >= 15 is 0 Å². The Hall–Kier alpha value is -2.05. The molecular formula is C18H23ClN4OS. The average molecular weight is 379 g/mol. The fourth-order valence-electron chi connectivity index (χ4n) is 2.14. The molecule has 0 aliphatic carbocycles. The predicted molar refractivity (Wildman–Crippen MR) is 106 cm³/mol. The number of rotatable bonds is 8. The number of halogens is 1. The zero-order valence-corrected chi connectivity index (χ0v) is 15.8. The molecule has 0 spiro atoms. The summed E-state index contributed by atoms with van der Waals surface area (Å²) in [5.41, 5.74) is 1.06. The SMILES string of the molecule is CCNC(=NCc1cccc(Cl)c1)NCCCNC(=O)c1cccs1. The van der Waals surface area contributed by atoms with Crippen molar-refractivity contribution < 1.29 is 4.79 Å². The van der Waals surface area contributed by atoms with Gasteiger partial charge in [-0.15, -0.1) is 11.3 Å². The van der Waals surface area contributed by atoms with Crippen LogP contribution < -0.4 is 16.0 Å². The van der Waals surface area contributed by atoms with Crippen molar-refractivity contribution in [3.8, 4) is 0 Å². The van der Waals surface area contributed by atoms with Gasteiger partial charge in [-0.2, -0.15) is 0 Å². The number of amides is 1. The highest BCUT2D eigenvalue weighted by atomic mass is 35.5. The number of carbonyl (C=O) groups is 1. The maximum Gasteiger partial charge on any atom is 0.261 e. The molecule has 0 fully saturated rings.